The number of likely N-dealkylation sites (tertiary alicyclic amines) is 1. The number of amides is 1. The van der Waals surface area contributed by atoms with Crippen LogP contribution in [0.1, 0.15) is 30.9 Å². The fourth-order valence-corrected chi connectivity index (χ4v) is 2.96. The Hall–Kier alpha value is -1.56. The molecule has 0 aromatic heterocycles. The first kappa shape index (κ1) is 17.8. The van der Waals surface area contributed by atoms with Crippen molar-refractivity contribution in [2.75, 3.05) is 26.2 Å². The number of alkyl halides is 3. The Morgan fingerprint density at radius 1 is 1.26 bits per heavy atom. The Morgan fingerprint density at radius 3 is 2.52 bits per heavy atom. The number of nitrogens with one attached hydrogen (secondary N) is 1. The van der Waals surface area contributed by atoms with Crippen LogP contribution in [0.4, 0.5) is 13.2 Å². The van der Waals surface area contributed by atoms with Gasteiger partial charge in [0.2, 0.25) is 5.91 Å². The van der Waals surface area contributed by atoms with Gasteiger partial charge >= 0.3 is 6.18 Å². The molecule has 1 N–H and O–H groups in total. The summed E-state index contributed by atoms with van der Waals surface area (Å²) in [6, 6.07) is 5.31. The van der Waals surface area contributed by atoms with Gasteiger partial charge in [-0.1, -0.05) is 25.1 Å². The van der Waals surface area contributed by atoms with Crippen LogP contribution in [0.2, 0.25) is 0 Å². The van der Waals surface area contributed by atoms with Gasteiger partial charge in [0.1, 0.15) is 0 Å². The fourth-order valence-electron chi connectivity index (χ4n) is 2.96. The molecule has 1 saturated heterocycles. The molecule has 0 saturated carbocycles. The highest BCUT2D eigenvalue weighted by Crippen LogP contribution is 2.32. The zero-order valence-electron chi connectivity index (χ0n) is 13.3. The van der Waals surface area contributed by atoms with E-state index >= 15 is 0 Å². The summed E-state index contributed by atoms with van der Waals surface area (Å²) in [6.07, 6.45) is -2.80. The molecule has 1 aliphatic rings. The first-order chi connectivity index (χ1) is 10.9. The maximum atomic E-state index is 13.0. The number of halogens is 3. The van der Waals surface area contributed by atoms with Gasteiger partial charge in [-0.05, 0) is 43.5 Å². The minimum Gasteiger partial charge on any atom is -0.342 e. The largest absolute Gasteiger partial charge is 0.416 e. The Kier molecular flexibility index (Phi) is 6.04. The first-order valence-corrected chi connectivity index (χ1v) is 8.05. The van der Waals surface area contributed by atoms with Gasteiger partial charge in [0.25, 0.3) is 0 Å². The van der Waals surface area contributed by atoms with E-state index in [9.17, 15) is 18.0 Å². The van der Waals surface area contributed by atoms with E-state index in [-0.39, 0.29) is 17.9 Å². The number of carbonyl (C=O) groups excluding carboxylic acids is 1. The number of piperidine rings is 1. The van der Waals surface area contributed by atoms with Crippen LogP contribution in [0, 0.1) is 5.92 Å². The average Bonchev–Trinajstić information content (AvgIpc) is 2.53. The predicted molar refractivity (Wildman–Crippen MR) is 83.0 cm³/mol. The number of hydrogen-bond donors (Lipinski definition) is 1. The van der Waals surface area contributed by atoms with Crippen LogP contribution in [0.5, 0.6) is 0 Å². The van der Waals surface area contributed by atoms with E-state index in [1.54, 1.807) is 11.0 Å². The van der Waals surface area contributed by atoms with Crippen molar-refractivity contribution in [1.82, 2.24) is 10.2 Å². The molecule has 1 aromatic rings. The molecule has 0 spiro atoms. The molecule has 1 fully saturated rings. The zero-order chi connectivity index (χ0) is 16.9. The summed E-state index contributed by atoms with van der Waals surface area (Å²) >= 11 is 0. The lowest BCUT2D eigenvalue weighted by atomic mass is 9.96. The number of carbonyl (C=O) groups is 1. The van der Waals surface area contributed by atoms with Gasteiger partial charge in [-0.25, -0.2) is 0 Å². The number of hydrogen-bond acceptors (Lipinski definition) is 2. The highest BCUT2D eigenvalue weighted by atomic mass is 19.4. The molecule has 1 aromatic carbocycles. The molecule has 3 nitrogen and oxygen atoms in total. The molecule has 2 rings (SSSR count). The molecule has 1 heterocycles. The number of nitrogens with zero attached hydrogens (tertiary/aromatic N) is 1. The van der Waals surface area contributed by atoms with Crippen molar-refractivity contribution in [2.24, 2.45) is 5.92 Å². The molecule has 0 aliphatic carbocycles. The van der Waals surface area contributed by atoms with Crippen molar-refractivity contribution in [2.45, 2.75) is 32.4 Å². The predicted octanol–water partition coefficient (Wildman–Crippen LogP) is 3.10. The van der Waals surface area contributed by atoms with Gasteiger partial charge in [0.15, 0.2) is 0 Å². The Balaban J connectivity index is 1.94. The maximum Gasteiger partial charge on any atom is 0.416 e. The van der Waals surface area contributed by atoms with E-state index < -0.39 is 11.7 Å². The van der Waals surface area contributed by atoms with Crippen molar-refractivity contribution in [1.29, 1.82) is 0 Å². The minimum absolute atomic E-state index is 0.0553. The monoisotopic (exact) mass is 328 g/mol. The summed E-state index contributed by atoms with van der Waals surface area (Å²) in [7, 11) is 0. The number of rotatable bonds is 5. The summed E-state index contributed by atoms with van der Waals surface area (Å²) in [5.74, 6) is 0.324. The summed E-state index contributed by atoms with van der Waals surface area (Å²) < 4.78 is 38.9. The average molecular weight is 328 g/mol. The molecule has 0 unspecified atom stereocenters. The van der Waals surface area contributed by atoms with Gasteiger partial charge in [-0.3, -0.25) is 4.79 Å². The lowest BCUT2D eigenvalue weighted by Gasteiger charge is -2.32. The third kappa shape index (κ3) is 4.96. The number of benzene rings is 1. The van der Waals surface area contributed by atoms with E-state index in [0.29, 0.717) is 19.0 Å². The molecule has 128 valence electrons. The third-order valence-electron chi connectivity index (χ3n) is 4.31. The Labute approximate surface area is 134 Å². The summed E-state index contributed by atoms with van der Waals surface area (Å²) in [5, 5.41) is 3.30. The molecule has 6 heteroatoms. The van der Waals surface area contributed by atoms with E-state index in [2.05, 4.69) is 12.2 Å². The van der Waals surface area contributed by atoms with E-state index in [4.69, 9.17) is 0 Å². The van der Waals surface area contributed by atoms with E-state index in [1.807, 2.05) is 0 Å². The third-order valence-corrected chi connectivity index (χ3v) is 4.31. The summed E-state index contributed by atoms with van der Waals surface area (Å²) in [6.45, 7) is 5.17. The van der Waals surface area contributed by atoms with Crippen LogP contribution in [0.25, 0.3) is 0 Å². The zero-order valence-corrected chi connectivity index (χ0v) is 13.3. The second-order valence-corrected chi connectivity index (χ2v) is 5.96. The van der Waals surface area contributed by atoms with Crippen LogP contribution in [0.15, 0.2) is 24.3 Å². The van der Waals surface area contributed by atoms with E-state index in [0.717, 1.165) is 32.0 Å². The highest BCUT2D eigenvalue weighted by molar-refractivity contribution is 5.79. The van der Waals surface area contributed by atoms with Gasteiger partial charge in [0.05, 0.1) is 12.0 Å². The summed E-state index contributed by atoms with van der Waals surface area (Å²) in [4.78, 5) is 14.0. The quantitative estimate of drug-likeness (QED) is 0.901. The van der Waals surface area contributed by atoms with Gasteiger partial charge in [-0.15, -0.1) is 0 Å². The first-order valence-electron chi connectivity index (χ1n) is 8.05. The topological polar surface area (TPSA) is 32.3 Å². The van der Waals surface area contributed by atoms with Gasteiger partial charge in [-0.2, -0.15) is 13.2 Å². The molecule has 0 radical (unpaired) electrons. The fraction of sp³-hybridized carbons (Fsp3) is 0.588. The van der Waals surface area contributed by atoms with Crippen molar-refractivity contribution in [3.8, 4) is 0 Å². The van der Waals surface area contributed by atoms with Crippen molar-refractivity contribution < 1.29 is 18.0 Å². The van der Waals surface area contributed by atoms with Gasteiger partial charge in [0, 0.05) is 13.1 Å². The molecule has 0 atom stereocenters. The second kappa shape index (κ2) is 7.81. The normalized spacial score (nSPS) is 16.6. The highest BCUT2D eigenvalue weighted by Gasteiger charge is 2.34. The molecular formula is C17H23F3N2O. The van der Waals surface area contributed by atoms with Crippen LogP contribution in [0.3, 0.4) is 0 Å². The second-order valence-electron chi connectivity index (χ2n) is 5.96. The van der Waals surface area contributed by atoms with Crippen molar-refractivity contribution in [3.63, 3.8) is 0 Å². The Morgan fingerprint density at radius 2 is 1.91 bits per heavy atom. The van der Waals surface area contributed by atoms with Crippen LogP contribution in [-0.2, 0) is 17.4 Å². The smallest absolute Gasteiger partial charge is 0.342 e. The van der Waals surface area contributed by atoms with Crippen LogP contribution < -0.4 is 5.32 Å². The molecule has 0 bridgehead atoms. The molecule has 1 aliphatic heterocycles. The standard InChI is InChI=1S/C17H23F3N2O/c1-2-21-12-13-7-9-22(10-8-13)16(23)11-14-5-3-4-6-15(14)17(18,19)20/h3-6,13,21H,2,7-12H2,1H3. The lowest BCUT2D eigenvalue weighted by molar-refractivity contribution is -0.138. The Bertz CT molecular complexity index is 523. The maximum absolute atomic E-state index is 13.0. The summed E-state index contributed by atoms with van der Waals surface area (Å²) in [5.41, 5.74) is -0.657. The minimum atomic E-state index is -4.42. The van der Waals surface area contributed by atoms with E-state index in [1.165, 1.54) is 12.1 Å². The SMILES string of the molecule is CCNCC1CCN(C(=O)Cc2ccccc2C(F)(F)F)CC1. The van der Waals surface area contributed by atoms with Gasteiger partial charge < -0.3 is 10.2 Å². The van der Waals surface area contributed by atoms with Crippen LogP contribution >= 0.6 is 0 Å². The van der Waals surface area contributed by atoms with Crippen molar-refractivity contribution >= 4 is 5.91 Å². The van der Waals surface area contributed by atoms with Crippen LogP contribution in [-0.4, -0.2) is 37.0 Å². The van der Waals surface area contributed by atoms with Crippen molar-refractivity contribution in [3.05, 3.63) is 35.4 Å². The molecular weight excluding hydrogens is 305 g/mol. The molecule has 1 amide bonds. The molecule has 23 heavy (non-hydrogen) atoms. The lowest BCUT2D eigenvalue weighted by Crippen LogP contribution is -2.41.